The first-order valence-electron chi connectivity index (χ1n) is 5.60. The van der Waals surface area contributed by atoms with E-state index in [0.29, 0.717) is 38.2 Å². The number of hydrogen-bond acceptors (Lipinski definition) is 4. The van der Waals surface area contributed by atoms with E-state index in [1.807, 2.05) is 0 Å². The lowest BCUT2D eigenvalue weighted by Crippen LogP contribution is -2.42. The Hall–Kier alpha value is -0.210. The second-order valence-electron chi connectivity index (χ2n) is 4.32. The summed E-state index contributed by atoms with van der Waals surface area (Å²) in [7, 11) is -1.76. The molecule has 0 aromatic heterocycles. The molecule has 0 radical (unpaired) electrons. The Morgan fingerprint density at radius 3 is 3.00 bits per heavy atom. The molecular formula is C9H19N3O3S. The topological polar surface area (TPSA) is 70.7 Å². The molecule has 0 amide bonds. The maximum atomic E-state index is 11.9. The molecule has 0 aromatic carbocycles. The quantitative estimate of drug-likeness (QED) is 0.598. The third kappa shape index (κ3) is 2.54. The van der Waals surface area contributed by atoms with Crippen molar-refractivity contribution in [3.63, 3.8) is 0 Å². The number of fused-ring (bicyclic) bond motifs is 1. The highest BCUT2D eigenvalue weighted by molar-refractivity contribution is 7.87. The van der Waals surface area contributed by atoms with Gasteiger partial charge in [0.2, 0.25) is 0 Å². The fraction of sp³-hybridized carbons (Fsp3) is 1.00. The standard InChI is InChI=1S/C9H19N3O3S/c1-15-5-4-11-16(13,14)12-6-8-2-3-10-9(8)7-12/h8-11H,2-7H2,1H3/t8-,9+/m0/s1. The molecule has 2 aliphatic rings. The lowest BCUT2D eigenvalue weighted by atomic mass is 10.1. The van der Waals surface area contributed by atoms with Crippen molar-refractivity contribution in [1.82, 2.24) is 14.3 Å². The molecule has 0 aromatic rings. The smallest absolute Gasteiger partial charge is 0.279 e. The first kappa shape index (κ1) is 12.3. The Bertz CT molecular complexity index is 321. The van der Waals surface area contributed by atoms with Gasteiger partial charge in [0.25, 0.3) is 10.2 Å². The maximum Gasteiger partial charge on any atom is 0.279 e. The SMILES string of the molecule is COCCNS(=O)(=O)N1C[C@@H]2CCN[C@@H]2C1. The maximum absolute atomic E-state index is 11.9. The third-order valence-electron chi connectivity index (χ3n) is 3.26. The monoisotopic (exact) mass is 249 g/mol. The summed E-state index contributed by atoms with van der Waals surface area (Å²) in [5.41, 5.74) is 0. The molecule has 0 spiro atoms. The van der Waals surface area contributed by atoms with Gasteiger partial charge in [0, 0.05) is 32.8 Å². The summed E-state index contributed by atoms with van der Waals surface area (Å²) in [4.78, 5) is 0. The summed E-state index contributed by atoms with van der Waals surface area (Å²) in [6.45, 7) is 2.98. The van der Waals surface area contributed by atoms with Crippen molar-refractivity contribution in [3.05, 3.63) is 0 Å². The molecule has 2 saturated heterocycles. The van der Waals surface area contributed by atoms with Gasteiger partial charge in [0.05, 0.1) is 6.61 Å². The predicted octanol–water partition coefficient (Wildman–Crippen LogP) is -1.24. The Kier molecular flexibility index (Phi) is 3.81. The molecule has 0 aliphatic carbocycles. The van der Waals surface area contributed by atoms with E-state index < -0.39 is 10.2 Å². The molecule has 0 saturated carbocycles. The molecule has 2 N–H and O–H groups in total. The second-order valence-corrected chi connectivity index (χ2v) is 6.07. The van der Waals surface area contributed by atoms with Crippen LogP contribution >= 0.6 is 0 Å². The molecule has 2 atom stereocenters. The first-order valence-corrected chi connectivity index (χ1v) is 7.04. The summed E-state index contributed by atoms with van der Waals surface area (Å²) in [6, 6.07) is 0.346. The van der Waals surface area contributed by atoms with Gasteiger partial charge in [-0.05, 0) is 18.9 Å². The van der Waals surface area contributed by atoms with Crippen LogP contribution in [0.1, 0.15) is 6.42 Å². The van der Waals surface area contributed by atoms with E-state index in [2.05, 4.69) is 10.0 Å². The predicted molar refractivity (Wildman–Crippen MR) is 60.3 cm³/mol. The van der Waals surface area contributed by atoms with Crippen molar-refractivity contribution in [3.8, 4) is 0 Å². The summed E-state index contributed by atoms with van der Waals surface area (Å²) in [5.74, 6) is 0.485. The Labute approximate surface area is 96.5 Å². The molecule has 7 heteroatoms. The molecule has 6 nitrogen and oxygen atoms in total. The highest BCUT2D eigenvalue weighted by Gasteiger charge is 2.40. The zero-order chi connectivity index (χ0) is 11.6. The zero-order valence-electron chi connectivity index (χ0n) is 9.48. The van der Waals surface area contributed by atoms with Crippen LogP contribution in [0.15, 0.2) is 0 Å². The molecule has 16 heavy (non-hydrogen) atoms. The van der Waals surface area contributed by atoms with Crippen molar-refractivity contribution in [2.45, 2.75) is 12.5 Å². The first-order chi connectivity index (χ1) is 7.63. The van der Waals surface area contributed by atoms with Gasteiger partial charge in [0.1, 0.15) is 0 Å². The van der Waals surface area contributed by atoms with Crippen LogP contribution in [0.25, 0.3) is 0 Å². The number of nitrogens with one attached hydrogen (secondary N) is 2. The van der Waals surface area contributed by atoms with Crippen LogP contribution in [0.2, 0.25) is 0 Å². The molecule has 2 aliphatic heterocycles. The minimum absolute atomic E-state index is 0.331. The van der Waals surface area contributed by atoms with E-state index in [9.17, 15) is 8.42 Å². The van der Waals surface area contributed by atoms with Crippen molar-refractivity contribution >= 4 is 10.2 Å². The van der Waals surface area contributed by atoms with E-state index >= 15 is 0 Å². The van der Waals surface area contributed by atoms with E-state index in [4.69, 9.17) is 4.74 Å². The van der Waals surface area contributed by atoms with Crippen LogP contribution in [-0.4, -0.2) is 58.7 Å². The van der Waals surface area contributed by atoms with Gasteiger partial charge in [-0.15, -0.1) is 0 Å². The largest absolute Gasteiger partial charge is 0.383 e. The van der Waals surface area contributed by atoms with Crippen molar-refractivity contribution in [1.29, 1.82) is 0 Å². The Balaban J connectivity index is 1.88. The average Bonchev–Trinajstić information content (AvgIpc) is 2.76. The summed E-state index contributed by atoms with van der Waals surface area (Å²) in [6.07, 6.45) is 1.08. The highest BCUT2D eigenvalue weighted by Crippen LogP contribution is 2.25. The van der Waals surface area contributed by atoms with Crippen LogP contribution in [0, 0.1) is 5.92 Å². The van der Waals surface area contributed by atoms with Crippen LogP contribution in [0.3, 0.4) is 0 Å². The summed E-state index contributed by atoms with van der Waals surface area (Å²) in [5, 5.41) is 3.33. The van der Waals surface area contributed by atoms with Crippen LogP contribution in [0.4, 0.5) is 0 Å². The molecule has 94 valence electrons. The number of ether oxygens (including phenoxy) is 1. The van der Waals surface area contributed by atoms with Crippen molar-refractivity contribution in [2.24, 2.45) is 5.92 Å². The zero-order valence-corrected chi connectivity index (χ0v) is 10.3. The van der Waals surface area contributed by atoms with E-state index in [-0.39, 0.29) is 0 Å². The van der Waals surface area contributed by atoms with E-state index in [0.717, 1.165) is 13.0 Å². The summed E-state index contributed by atoms with van der Waals surface area (Å²) < 4.78 is 32.6. The Morgan fingerprint density at radius 1 is 1.50 bits per heavy atom. The minimum atomic E-state index is -3.31. The fourth-order valence-electron chi connectivity index (χ4n) is 2.37. The molecule has 2 fully saturated rings. The number of nitrogens with zero attached hydrogens (tertiary/aromatic N) is 1. The molecule has 0 bridgehead atoms. The Morgan fingerprint density at radius 2 is 2.31 bits per heavy atom. The number of methoxy groups -OCH3 is 1. The molecule has 0 unspecified atom stereocenters. The van der Waals surface area contributed by atoms with Crippen LogP contribution in [-0.2, 0) is 14.9 Å². The number of hydrogen-bond donors (Lipinski definition) is 2. The average molecular weight is 249 g/mol. The minimum Gasteiger partial charge on any atom is -0.383 e. The van der Waals surface area contributed by atoms with Gasteiger partial charge >= 0.3 is 0 Å². The van der Waals surface area contributed by atoms with Gasteiger partial charge in [-0.3, -0.25) is 0 Å². The highest BCUT2D eigenvalue weighted by atomic mass is 32.2. The normalized spacial score (nSPS) is 30.8. The van der Waals surface area contributed by atoms with Crippen LogP contribution < -0.4 is 10.0 Å². The lowest BCUT2D eigenvalue weighted by molar-refractivity contribution is 0.204. The number of rotatable bonds is 5. The van der Waals surface area contributed by atoms with Gasteiger partial charge in [-0.1, -0.05) is 0 Å². The van der Waals surface area contributed by atoms with Gasteiger partial charge < -0.3 is 10.1 Å². The van der Waals surface area contributed by atoms with Gasteiger partial charge in [0.15, 0.2) is 0 Å². The van der Waals surface area contributed by atoms with Crippen molar-refractivity contribution in [2.75, 3.05) is 39.9 Å². The summed E-state index contributed by atoms with van der Waals surface area (Å²) >= 11 is 0. The molecular weight excluding hydrogens is 230 g/mol. The molecule has 2 heterocycles. The second kappa shape index (κ2) is 4.97. The molecule has 2 rings (SSSR count). The van der Waals surface area contributed by atoms with E-state index in [1.54, 1.807) is 7.11 Å². The third-order valence-corrected chi connectivity index (χ3v) is 4.81. The lowest BCUT2D eigenvalue weighted by Gasteiger charge is -2.17. The van der Waals surface area contributed by atoms with E-state index in [1.165, 1.54) is 4.31 Å². The van der Waals surface area contributed by atoms with Gasteiger partial charge in [-0.25, -0.2) is 0 Å². The fourth-order valence-corrected chi connectivity index (χ4v) is 3.64. The van der Waals surface area contributed by atoms with Crippen molar-refractivity contribution < 1.29 is 13.2 Å². The van der Waals surface area contributed by atoms with Crippen LogP contribution in [0.5, 0.6) is 0 Å². The van der Waals surface area contributed by atoms with Gasteiger partial charge in [-0.2, -0.15) is 17.4 Å².